The smallest absolute Gasteiger partial charge is 0.339 e. The first-order valence-corrected chi connectivity index (χ1v) is 5.78. The van der Waals surface area contributed by atoms with Crippen molar-refractivity contribution in [1.82, 2.24) is 0 Å². The lowest BCUT2D eigenvalue weighted by molar-refractivity contribution is -0.144. The van der Waals surface area contributed by atoms with Crippen molar-refractivity contribution in [2.45, 2.75) is 18.9 Å². The maximum atomic E-state index is 11.5. The summed E-state index contributed by atoms with van der Waals surface area (Å²) in [5, 5.41) is 12.0. The Hall–Kier alpha value is -2.04. The molecule has 1 saturated carbocycles. The van der Waals surface area contributed by atoms with Gasteiger partial charge in [0, 0.05) is 11.7 Å². The van der Waals surface area contributed by atoms with E-state index in [1.807, 2.05) is 6.07 Å². The Kier molecular flexibility index (Phi) is 3.50. The maximum absolute atomic E-state index is 11.5. The summed E-state index contributed by atoms with van der Waals surface area (Å²) in [5.74, 6) is -1.42. The standard InChI is InChI=1S/C13H15NO4/c1-18-13(17)10-4-2-3-5-11(10)14-9-6-8(7-9)12(15)16/h2-5,8-9,14H,6-7H2,1H3,(H,15,16). The Morgan fingerprint density at radius 3 is 2.61 bits per heavy atom. The normalized spacial score (nSPS) is 21.8. The molecule has 5 heteroatoms. The van der Waals surface area contributed by atoms with E-state index in [1.54, 1.807) is 18.2 Å². The van der Waals surface area contributed by atoms with Gasteiger partial charge in [0.05, 0.1) is 18.6 Å². The number of rotatable bonds is 4. The van der Waals surface area contributed by atoms with Gasteiger partial charge in [0.2, 0.25) is 0 Å². The number of nitrogens with one attached hydrogen (secondary N) is 1. The number of carboxylic acids is 1. The van der Waals surface area contributed by atoms with Crippen LogP contribution in [0.5, 0.6) is 0 Å². The molecule has 2 N–H and O–H groups in total. The number of carboxylic acid groups (broad SMARTS) is 1. The molecule has 1 aromatic carbocycles. The number of carbonyl (C=O) groups excluding carboxylic acids is 1. The van der Waals surface area contributed by atoms with Crippen LogP contribution in [0.2, 0.25) is 0 Å². The molecule has 0 spiro atoms. The van der Waals surface area contributed by atoms with Crippen molar-refractivity contribution >= 4 is 17.6 Å². The molecular weight excluding hydrogens is 234 g/mol. The molecule has 0 bridgehead atoms. The van der Waals surface area contributed by atoms with Crippen molar-refractivity contribution < 1.29 is 19.4 Å². The minimum atomic E-state index is -0.755. The fourth-order valence-corrected chi connectivity index (χ4v) is 2.05. The number of hydrogen-bond acceptors (Lipinski definition) is 4. The Labute approximate surface area is 105 Å². The van der Waals surface area contributed by atoms with Crippen molar-refractivity contribution in [2.75, 3.05) is 12.4 Å². The summed E-state index contributed by atoms with van der Waals surface area (Å²) in [4.78, 5) is 22.2. The zero-order valence-electron chi connectivity index (χ0n) is 10.1. The van der Waals surface area contributed by atoms with E-state index in [-0.39, 0.29) is 12.0 Å². The van der Waals surface area contributed by atoms with Crippen molar-refractivity contribution in [1.29, 1.82) is 0 Å². The molecule has 5 nitrogen and oxygen atoms in total. The van der Waals surface area contributed by atoms with Gasteiger partial charge in [-0.05, 0) is 25.0 Å². The van der Waals surface area contributed by atoms with E-state index < -0.39 is 11.9 Å². The summed E-state index contributed by atoms with van der Waals surface area (Å²) in [6, 6.07) is 7.17. The van der Waals surface area contributed by atoms with Crippen LogP contribution < -0.4 is 5.32 Å². The van der Waals surface area contributed by atoms with Crippen LogP contribution in [0.3, 0.4) is 0 Å². The summed E-state index contributed by atoms with van der Waals surface area (Å²) >= 11 is 0. The quantitative estimate of drug-likeness (QED) is 0.795. The lowest BCUT2D eigenvalue weighted by Crippen LogP contribution is -2.39. The maximum Gasteiger partial charge on any atom is 0.339 e. The average Bonchev–Trinajstić information content (AvgIpc) is 2.32. The lowest BCUT2D eigenvalue weighted by Gasteiger charge is -2.34. The molecule has 0 atom stereocenters. The first-order valence-electron chi connectivity index (χ1n) is 5.78. The predicted octanol–water partition coefficient (Wildman–Crippen LogP) is 1.75. The molecule has 1 aliphatic carbocycles. The van der Waals surface area contributed by atoms with Gasteiger partial charge in [0.15, 0.2) is 0 Å². The van der Waals surface area contributed by atoms with E-state index in [4.69, 9.17) is 9.84 Å². The number of carbonyl (C=O) groups is 2. The Balaban J connectivity index is 2.02. The van der Waals surface area contributed by atoms with Crippen molar-refractivity contribution in [2.24, 2.45) is 5.92 Å². The number of esters is 1. The van der Waals surface area contributed by atoms with E-state index >= 15 is 0 Å². The number of aliphatic carboxylic acids is 1. The number of anilines is 1. The van der Waals surface area contributed by atoms with Crippen LogP contribution in [0.4, 0.5) is 5.69 Å². The third kappa shape index (κ3) is 2.45. The largest absolute Gasteiger partial charge is 0.481 e. The summed E-state index contributed by atoms with van der Waals surface area (Å²) in [7, 11) is 1.34. The minimum absolute atomic E-state index is 0.108. The van der Waals surface area contributed by atoms with Gasteiger partial charge >= 0.3 is 11.9 Å². The average molecular weight is 249 g/mol. The molecule has 1 aliphatic rings. The van der Waals surface area contributed by atoms with Crippen molar-refractivity contribution in [3.8, 4) is 0 Å². The first-order chi connectivity index (χ1) is 8.61. The van der Waals surface area contributed by atoms with Crippen LogP contribution in [0.25, 0.3) is 0 Å². The molecule has 0 unspecified atom stereocenters. The van der Waals surface area contributed by atoms with Gasteiger partial charge in [-0.3, -0.25) is 4.79 Å². The molecule has 0 amide bonds. The highest BCUT2D eigenvalue weighted by Crippen LogP contribution is 2.31. The van der Waals surface area contributed by atoms with Gasteiger partial charge < -0.3 is 15.2 Å². The number of hydrogen-bond donors (Lipinski definition) is 2. The van der Waals surface area contributed by atoms with E-state index in [9.17, 15) is 9.59 Å². The molecule has 0 aromatic heterocycles. The fourth-order valence-electron chi connectivity index (χ4n) is 2.05. The van der Waals surface area contributed by atoms with Crippen LogP contribution >= 0.6 is 0 Å². The van der Waals surface area contributed by atoms with Gasteiger partial charge in [0.1, 0.15) is 0 Å². The third-order valence-electron chi connectivity index (χ3n) is 3.18. The Morgan fingerprint density at radius 2 is 2.00 bits per heavy atom. The summed E-state index contributed by atoms with van der Waals surface area (Å²) < 4.78 is 4.70. The summed E-state index contributed by atoms with van der Waals surface area (Å²) in [6.07, 6.45) is 1.18. The van der Waals surface area contributed by atoms with Crippen LogP contribution in [0, 0.1) is 5.92 Å². The van der Waals surface area contributed by atoms with Gasteiger partial charge in [-0.25, -0.2) is 4.79 Å². The molecule has 0 aliphatic heterocycles. The van der Waals surface area contributed by atoms with E-state index in [2.05, 4.69) is 5.32 Å². The minimum Gasteiger partial charge on any atom is -0.481 e. The third-order valence-corrected chi connectivity index (χ3v) is 3.18. The second-order valence-corrected chi connectivity index (χ2v) is 4.38. The van der Waals surface area contributed by atoms with Crippen LogP contribution in [0.1, 0.15) is 23.2 Å². The molecule has 2 rings (SSSR count). The van der Waals surface area contributed by atoms with Crippen LogP contribution in [-0.2, 0) is 9.53 Å². The van der Waals surface area contributed by atoms with E-state index in [0.717, 1.165) is 0 Å². The second-order valence-electron chi connectivity index (χ2n) is 4.38. The molecule has 1 fully saturated rings. The number of para-hydroxylation sites is 1. The monoisotopic (exact) mass is 249 g/mol. The molecule has 0 saturated heterocycles. The van der Waals surface area contributed by atoms with Crippen LogP contribution in [0.15, 0.2) is 24.3 Å². The molecule has 18 heavy (non-hydrogen) atoms. The topological polar surface area (TPSA) is 75.6 Å². The highest BCUT2D eigenvalue weighted by Gasteiger charge is 2.34. The predicted molar refractivity (Wildman–Crippen MR) is 65.6 cm³/mol. The van der Waals surface area contributed by atoms with Gasteiger partial charge in [0.25, 0.3) is 0 Å². The summed E-state index contributed by atoms with van der Waals surface area (Å²) in [5.41, 5.74) is 1.16. The van der Waals surface area contributed by atoms with Gasteiger partial charge in [-0.2, -0.15) is 0 Å². The highest BCUT2D eigenvalue weighted by atomic mass is 16.5. The lowest BCUT2D eigenvalue weighted by atomic mass is 9.80. The fraction of sp³-hybridized carbons (Fsp3) is 0.385. The molecule has 1 aromatic rings. The Morgan fingerprint density at radius 1 is 1.33 bits per heavy atom. The van der Waals surface area contributed by atoms with E-state index in [0.29, 0.717) is 24.1 Å². The number of benzene rings is 1. The summed E-state index contributed by atoms with van der Waals surface area (Å²) in [6.45, 7) is 0. The molecule has 96 valence electrons. The van der Waals surface area contributed by atoms with Gasteiger partial charge in [-0.15, -0.1) is 0 Å². The Bertz CT molecular complexity index is 466. The molecular formula is C13H15NO4. The highest BCUT2D eigenvalue weighted by molar-refractivity contribution is 5.95. The van der Waals surface area contributed by atoms with Crippen LogP contribution in [-0.4, -0.2) is 30.2 Å². The number of ether oxygens (including phenoxy) is 1. The zero-order valence-corrected chi connectivity index (χ0v) is 10.1. The van der Waals surface area contributed by atoms with E-state index in [1.165, 1.54) is 7.11 Å². The van der Waals surface area contributed by atoms with Crippen molar-refractivity contribution in [3.05, 3.63) is 29.8 Å². The number of methoxy groups -OCH3 is 1. The molecule has 0 heterocycles. The molecule has 0 radical (unpaired) electrons. The first kappa shape index (κ1) is 12.4. The van der Waals surface area contributed by atoms with Crippen molar-refractivity contribution in [3.63, 3.8) is 0 Å². The second kappa shape index (κ2) is 5.08. The SMILES string of the molecule is COC(=O)c1ccccc1NC1CC(C(=O)O)C1. The zero-order chi connectivity index (χ0) is 13.1. The van der Waals surface area contributed by atoms with Gasteiger partial charge in [-0.1, -0.05) is 12.1 Å².